The van der Waals surface area contributed by atoms with E-state index in [1.54, 1.807) is 0 Å². The van der Waals surface area contributed by atoms with Crippen LogP contribution in [0.5, 0.6) is 5.75 Å². The Kier molecular flexibility index (Phi) is 19.2. The predicted octanol–water partition coefficient (Wildman–Crippen LogP) is 9.65. The molecule has 0 aliphatic heterocycles. The lowest BCUT2D eigenvalue weighted by molar-refractivity contribution is -0.383. The van der Waals surface area contributed by atoms with Gasteiger partial charge in [0.05, 0.1) is 32.5 Å². The standard InChI is InChI=1S/C40H65F6N3O5S2/c1-4-17-38(39(41,42)43,40(44,45)46)52-23-7-21-51-36-15-14-35-34-12-10-30-26-31(11-13-32(30)33(34)16-18-37(35,36)2)50-22-8-25-56-55-24-6-20-49(3)19-5-9-29(27-53-47)28-54-48/h11,13,26,29,33-36H,4-10,12,14-25,27-28,47-48H2,1-3H3. The average molecular weight is 846 g/mol. The van der Waals surface area contributed by atoms with E-state index in [9.17, 15) is 26.3 Å². The Morgan fingerprint density at radius 2 is 1.57 bits per heavy atom. The predicted molar refractivity (Wildman–Crippen MR) is 211 cm³/mol. The maximum Gasteiger partial charge on any atom is 0.426 e. The molecule has 8 nitrogen and oxygen atoms in total. The van der Waals surface area contributed by atoms with Crippen molar-refractivity contribution in [2.75, 3.05) is 64.7 Å². The van der Waals surface area contributed by atoms with Crippen LogP contribution in [0.4, 0.5) is 26.3 Å². The normalized spacial score (nSPS) is 24.1. The summed E-state index contributed by atoms with van der Waals surface area (Å²) in [4.78, 5) is 11.8. The summed E-state index contributed by atoms with van der Waals surface area (Å²) in [7, 11) is 5.98. The van der Waals surface area contributed by atoms with Crippen LogP contribution in [-0.4, -0.2) is 93.6 Å². The van der Waals surface area contributed by atoms with Crippen molar-refractivity contribution in [2.24, 2.45) is 35.0 Å². The van der Waals surface area contributed by atoms with Gasteiger partial charge in [-0.15, -0.1) is 0 Å². The molecule has 0 aromatic heterocycles. The highest BCUT2D eigenvalue weighted by molar-refractivity contribution is 8.76. The van der Waals surface area contributed by atoms with Gasteiger partial charge in [-0.1, -0.05) is 47.9 Å². The number of nitrogens with two attached hydrogens (primary N) is 2. The fraction of sp³-hybridized carbons (Fsp3) is 0.850. The zero-order valence-corrected chi connectivity index (χ0v) is 35.0. The smallest absolute Gasteiger partial charge is 0.426 e. The van der Waals surface area contributed by atoms with Gasteiger partial charge in [-0.25, -0.2) is 11.8 Å². The molecular formula is C40H65F6N3O5S2. The Morgan fingerprint density at radius 3 is 2.25 bits per heavy atom. The SMILES string of the molecule is CCCC(OCCCOC1CCC2C3CCc4cc(OCCCSSCCCN(C)CCCC(CON)CON)ccc4C3CCC12C)(C(F)(F)F)C(F)(F)F. The molecule has 16 heteroatoms. The summed E-state index contributed by atoms with van der Waals surface area (Å²) in [6.45, 7) is 6.63. The third-order valence-electron chi connectivity index (χ3n) is 12.4. The van der Waals surface area contributed by atoms with Gasteiger partial charge in [-0.05, 0) is 144 Å². The van der Waals surface area contributed by atoms with Crippen LogP contribution >= 0.6 is 21.6 Å². The number of ether oxygens (including phenoxy) is 3. The lowest BCUT2D eigenvalue weighted by atomic mass is 9.55. The van der Waals surface area contributed by atoms with E-state index in [1.165, 1.54) is 18.1 Å². The van der Waals surface area contributed by atoms with Gasteiger partial charge in [-0.3, -0.25) is 0 Å². The second-order valence-electron chi connectivity index (χ2n) is 16.2. The summed E-state index contributed by atoms with van der Waals surface area (Å²) in [5.74, 6) is 15.1. The molecule has 1 aromatic carbocycles. The van der Waals surface area contributed by atoms with Crippen molar-refractivity contribution in [1.82, 2.24) is 4.90 Å². The Hall–Kier alpha value is -0.980. The molecule has 4 N–H and O–H groups in total. The molecule has 0 heterocycles. The molecule has 324 valence electrons. The Labute approximate surface area is 337 Å². The van der Waals surface area contributed by atoms with E-state index in [1.807, 2.05) is 21.6 Å². The number of rotatable bonds is 26. The fourth-order valence-corrected chi connectivity index (χ4v) is 11.6. The molecule has 5 unspecified atom stereocenters. The number of halogens is 6. The number of aryl methyl sites for hydroxylation is 1. The number of hydrogen-bond donors (Lipinski definition) is 2. The summed E-state index contributed by atoms with van der Waals surface area (Å²) >= 11 is 0. The van der Waals surface area contributed by atoms with E-state index < -0.39 is 31.0 Å². The molecule has 56 heavy (non-hydrogen) atoms. The molecule has 2 fully saturated rings. The molecule has 3 aliphatic carbocycles. The van der Waals surface area contributed by atoms with Gasteiger partial charge in [0.2, 0.25) is 0 Å². The number of alkyl halides is 6. The van der Waals surface area contributed by atoms with E-state index >= 15 is 0 Å². The van der Waals surface area contributed by atoms with Gasteiger partial charge in [0.25, 0.3) is 5.60 Å². The molecule has 3 aliphatic rings. The van der Waals surface area contributed by atoms with Crippen molar-refractivity contribution < 1.29 is 50.2 Å². The Bertz CT molecular complexity index is 1280. The van der Waals surface area contributed by atoms with E-state index in [4.69, 9.17) is 30.9 Å². The summed E-state index contributed by atoms with van der Waals surface area (Å²) in [5.41, 5.74) is -1.41. The highest BCUT2D eigenvalue weighted by Gasteiger charge is 2.71. The third-order valence-corrected chi connectivity index (χ3v) is 15.0. The van der Waals surface area contributed by atoms with E-state index in [-0.39, 0.29) is 36.9 Å². The van der Waals surface area contributed by atoms with Crippen molar-refractivity contribution in [3.63, 3.8) is 0 Å². The Balaban J connectivity index is 1.12. The van der Waals surface area contributed by atoms with Crippen LogP contribution in [0.2, 0.25) is 0 Å². The zero-order chi connectivity index (χ0) is 40.8. The number of hydrogen-bond acceptors (Lipinski definition) is 10. The molecule has 0 bridgehead atoms. The van der Waals surface area contributed by atoms with Gasteiger partial charge in [0, 0.05) is 24.0 Å². The van der Waals surface area contributed by atoms with Crippen LogP contribution in [-0.2, 0) is 25.6 Å². The van der Waals surface area contributed by atoms with Crippen LogP contribution in [0, 0.1) is 23.2 Å². The fourth-order valence-electron chi connectivity index (χ4n) is 9.50. The van der Waals surface area contributed by atoms with E-state index in [0.29, 0.717) is 37.6 Å². The van der Waals surface area contributed by atoms with Gasteiger partial charge >= 0.3 is 12.4 Å². The second-order valence-corrected chi connectivity index (χ2v) is 18.9. The molecular weight excluding hydrogens is 781 g/mol. The zero-order valence-electron chi connectivity index (χ0n) is 33.4. The maximum atomic E-state index is 13.6. The minimum atomic E-state index is -5.55. The van der Waals surface area contributed by atoms with Crippen LogP contribution in [0.1, 0.15) is 108 Å². The molecule has 0 saturated heterocycles. The first-order chi connectivity index (χ1) is 26.7. The van der Waals surface area contributed by atoms with E-state index in [2.05, 4.69) is 41.8 Å². The van der Waals surface area contributed by atoms with E-state index in [0.717, 1.165) is 94.6 Å². The van der Waals surface area contributed by atoms with Crippen molar-refractivity contribution >= 4 is 21.6 Å². The Morgan fingerprint density at radius 1 is 0.875 bits per heavy atom. The topological polar surface area (TPSA) is 101 Å². The second kappa shape index (κ2) is 22.6. The first kappa shape index (κ1) is 47.7. The highest BCUT2D eigenvalue weighted by Crippen LogP contribution is 2.61. The maximum absolute atomic E-state index is 13.6. The molecule has 5 atom stereocenters. The molecule has 0 amide bonds. The summed E-state index contributed by atoms with van der Waals surface area (Å²) in [6.07, 6.45) is -2.56. The van der Waals surface area contributed by atoms with Crippen molar-refractivity contribution in [1.29, 1.82) is 0 Å². The van der Waals surface area contributed by atoms with Gasteiger partial charge < -0.3 is 28.8 Å². The number of fused-ring (bicyclic) bond motifs is 5. The minimum absolute atomic E-state index is 0.0301. The lowest BCUT2D eigenvalue weighted by Crippen LogP contribution is -2.58. The van der Waals surface area contributed by atoms with Crippen molar-refractivity contribution in [3.8, 4) is 5.75 Å². The first-order valence-electron chi connectivity index (χ1n) is 20.4. The lowest BCUT2D eigenvalue weighted by Gasteiger charge is -2.50. The summed E-state index contributed by atoms with van der Waals surface area (Å²) in [5, 5.41) is 0. The summed E-state index contributed by atoms with van der Waals surface area (Å²) in [6, 6.07) is 6.60. The van der Waals surface area contributed by atoms with Crippen LogP contribution in [0.15, 0.2) is 18.2 Å². The number of benzene rings is 1. The van der Waals surface area contributed by atoms with Gasteiger partial charge in [0.1, 0.15) is 5.75 Å². The summed E-state index contributed by atoms with van der Waals surface area (Å²) < 4.78 is 98.6. The van der Waals surface area contributed by atoms with Crippen LogP contribution < -0.4 is 16.5 Å². The third kappa shape index (κ3) is 12.5. The minimum Gasteiger partial charge on any atom is -0.494 e. The highest BCUT2D eigenvalue weighted by atomic mass is 33.1. The molecule has 0 spiro atoms. The number of nitrogens with zero attached hydrogens (tertiary/aromatic N) is 1. The molecule has 4 rings (SSSR count). The monoisotopic (exact) mass is 845 g/mol. The molecule has 0 radical (unpaired) electrons. The van der Waals surface area contributed by atoms with Gasteiger partial charge in [-0.2, -0.15) is 26.3 Å². The average Bonchev–Trinajstić information content (AvgIpc) is 3.48. The van der Waals surface area contributed by atoms with Crippen LogP contribution in [0.25, 0.3) is 0 Å². The van der Waals surface area contributed by atoms with Crippen molar-refractivity contribution in [2.45, 2.75) is 127 Å². The van der Waals surface area contributed by atoms with Gasteiger partial charge in [0.15, 0.2) is 0 Å². The largest absolute Gasteiger partial charge is 0.494 e. The quantitative estimate of drug-likeness (QED) is 0.0406. The van der Waals surface area contributed by atoms with Crippen LogP contribution in [0.3, 0.4) is 0 Å². The molecule has 2 saturated carbocycles. The first-order valence-corrected chi connectivity index (χ1v) is 22.9. The van der Waals surface area contributed by atoms with Crippen molar-refractivity contribution in [3.05, 3.63) is 29.3 Å². The molecule has 1 aromatic rings.